The molecule has 0 saturated heterocycles. The number of fused-ring (bicyclic) bond motifs is 9. The molecule has 0 spiro atoms. The van der Waals surface area contributed by atoms with Crippen molar-refractivity contribution in [2.75, 3.05) is 0 Å². The number of hydrogen-bond donors (Lipinski definition) is 0. The molecule has 0 aliphatic rings. The first kappa shape index (κ1) is 22.6. The minimum absolute atomic E-state index is 0.00594. The lowest BCUT2D eigenvalue weighted by atomic mass is 9.91. The summed E-state index contributed by atoms with van der Waals surface area (Å²) in [5.74, 6) is -0.622. The Morgan fingerprint density at radius 3 is 1.42 bits per heavy atom. The van der Waals surface area contributed by atoms with Crippen LogP contribution in [-0.2, 0) is 0 Å². The van der Waals surface area contributed by atoms with Crippen molar-refractivity contribution in [3.05, 3.63) is 194 Å². The van der Waals surface area contributed by atoms with Gasteiger partial charge in [-0.2, -0.15) is 0 Å². The Bertz CT molecular complexity index is 3710. The number of rotatable bonds is 5. The van der Waals surface area contributed by atoms with E-state index in [4.69, 9.17) is 13.7 Å². The van der Waals surface area contributed by atoms with Crippen molar-refractivity contribution in [1.29, 1.82) is 0 Å². The van der Waals surface area contributed by atoms with Crippen molar-refractivity contribution < 1.29 is 13.7 Å². The first-order valence-corrected chi connectivity index (χ1v) is 17.8. The van der Waals surface area contributed by atoms with Crippen LogP contribution in [-0.4, -0.2) is 19.5 Å². The van der Waals surface area contributed by atoms with Gasteiger partial charge < -0.3 is 4.57 Å². The zero-order valence-electron chi connectivity index (χ0n) is 39.0. The average molecular weight is 711 g/mol. The number of aromatic nitrogens is 4. The summed E-state index contributed by atoms with van der Waals surface area (Å²) in [5.41, 5.74) is 5.22. The van der Waals surface area contributed by atoms with Crippen LogP contribution < -0.4 is 0 Å². The second kappa shape index (κ2) is 12.6. The zero-order valence-corrected chi connectivity index (χ0v) is 29.0. The van der Waals surface area contributed by atoms with Crippen molar-refractivity contribution in [1.82, 2.24) is 19.5 Å². The van der Waals surface area contributed by atoms with Crippen molar-refractivity contribution in [2.24, 2.45) is 0 Å². The summed E-state index contributed by atoms with van der Waals surface area (Å²) in [4.78, 5) is 13.8. The maximum Gasteiger partial charge on any atom is 0.164 e. The van der Waals surface area contributed by atoms with Crippen molar-refractivity contribution >= 4 is 54.1 Å². The summed E-state index contributed by atoms with van der Waals surface area (Å²) >= 11 is 0. The van der Waals surface area contributed by atoms with E-state index in [0.29, 0.717) is 5.56 Å². The van der Waals surface area contributed by atoms with Gasteiger partial charge in [0.1, 0.15) is 0 Å². The summed E-state index contributed by atoms with van der Waals surface area (Å²) < 4.78 is 87.0. The highest BCUT2D eigenvalue weighted by Gasteiger charge is 2.17. The molecule has 0 radical (unpaired) electrons. The van der Waals surface area contributed by atoms with Crippen molar-refractivity contribution in [2.45, 2.75) is 0 Å². The van der Waals surface area contributed by atoms with Gasteiger partial charge in [-0.05, 0) is 85.9 Å². The largest absolute Gasteiger partial charge is 0.309 e. The molecule has 0 amide bonds. The van der Waals surface area contributed by atoms with Crippen LogP contribution in [0.5, 0.6) is 0 Å². The Morgan fingerprint density at radius 1 is 0.327 bits per heavy atom. The molecule has 4 nitrogen and oxygen atoms in total. The molecule has 2 aromatic heterocycles. The van der Waals surface area contributed by atoms with Crippen LogP contribution in [0, 0.1) is 0 Å². The van der Waals surface area contributed by atoms with Gasteiger partial charge in [-0.25, -0.2) is 15.0 Å². The van der Waals surface area contributed by atoms with Gasteiger partial charge in [-0.15, -0.1) is 0 Å². The topological polar surface area (TPSA) is 43.6 Å². The monoisotopic (exact) mass is 710 g/mol. The highest BCUT2D eigenvalue weighted by molar-refractivity contribution is 6.26. The summed E-state index contributed by atoms with van der Waals surface area (Å²) in [5, 5.41) is 8.11. The van der Waals surface area contributed by atoms with E-state index in [9.17, 15) is 0 Å². The molecule has 55 heavy (non-hydrogen) atoms. The van der Waals surface area contributed by atoms with Gasteiger partial charge in [-0.3, -0.25) is 0 Å². The fourth-order valence-electron chi connectivity index (χ4n) is 7.74. The molecule has 0 unspecified atom stereocenters. The smallest absolute Gasteiger partial charge is 0.164 e. The number of hydrogen-bond acceptors (Lipinski definition) is 3. The summed E-state index contributed by atoms with van der Waals surface area (Å²) in [6.07, 6.45) is 0. The van der Waals surface area contributed by atoms with E-state index in [1.165, 1.54) is 0 Å². The first-order chi connectivity index (χ1) is 31.4. The molecule has 0 bridgehead atoms. The average Bonchev–Trinajstić information content (AvgIpc) is 3.67. The molecule has 9 aromatic carbocycles. The van der Waals surface area contributed by atoms with Gasteiger partial charge in [0.05, 0.1) is 24.7 Å². The molecule has 4 heteroatoms. The Labute approximate surface area is 331 Å². The highest BCUT2D eigenvalue weighted by Crippen LogP contribution is 2.40. The lowest BCUT2D eigenvalue weighted by molar-refractivity contribution is 1.07. The van der Waals surface area contributed by atoms with Gasteiger partial charge in [0.15, 0.2) is 17.5 Å². The Morgan fingerprint density at radius 2 is 0.764 bits per heavy atom. The predicted octanol–water partition coefficient (Wildman–Crippen LogP) is 13.1. The van der Waals surface area contributed by atoms with Gasteiger partial charge >= 0.3 is 0 Å². The molecule has 0 aliphatic heterocycles. The predicted molar refractivity (Wildman–Crippen MR) is 228 cm³/mol. The summed E-state index contributed by atoms with van der Waals surface area (Å²) in [7, 11) is 0. The van der Waals surface area contributed by atoms with Crippen molar-refractivity contribution in [3.63, 3.8) is 0 Å². The Balaban J connectivity index is 1.13. The zero-order chi connectivity index (χ0) is 45.0. The number of para-hydroxylation sites is 2. The second-order valence-electron chi connectivity index (χ2n) is 13.3. The molecule has 0 N–H and O–H groups in total. The van der Waals surface area contributed by atoms with Crippen LogP contribution in [0.1, 0.15) is 13.7 Å². The SMILES string of the molecule is [2H]c1c([2H])c([2H])c(-c2nc(-c3ccc4c5ccccc5c5cc(-c6ccc7c(c6)c6ccccc6n7-c6ccccc6)ccc5c4c3)nc(-c3c([2H])c([2H])c([2H])c([2H])c3[2H])n2)c([2H])c1[2H]. The van der Waals surface area contributed by atoms with Crippen LogP contribution >= 0.6 is 0 Å². The van der Waals surface area contributed by atoms with E-state index < -0.39 is 60.4 Å². The van der Waals surface area contributed by atoms with Gasteiger partial charge in [0.25, 0.3) is 0 Å². The Kier molecular flexibility index (Phi) is 5.18. The molecule has 0 aliphatic carbocycles. The quantitative estimate of drug-likeness (QED) is 0.167. The maximum absolute atomic E-state index is 8.74. The lowest BCUT2D eigenvalue weighted by Crippen LogP contribution is -2.00. The van der Waals surface area contributed by atoms with Gasteiger partial charge in [0, 0.05) is 33.2 Å². The molecule has 256 valence electrons. The summed E-state index contributed by atoms with van der Waals surface area (Å²) in [6, 6.07) is 39.8. The number of benzene rings is 9. The minimum atomic E-state index is -0.602. The normalized spacial score (nSPS) is 14.2. The van der Waals surface area contributed by atoms with Crippen LogP contribution in [0.2, 0.25) is 0 Å². The molecular weight excluding hydrogens is 669 g/mol. The maximum atomic E-state index is 8.74. The molecule has 0 atom stereocenters. The Hall–Kier alpha value is -7.43. The third kappa shape index (κ3) is 5.19. The van der Waals surface area contributed by atoms with E-state index in [2.05, 4.69) is 104 Å². The molecule has 0 fully saturated rings. The van der Waals surface area contributed by atoms with E-state index in [0.717, 1.165) is 70.9 Å². The molecule has 0 saturated carbocycles. The standard InChI is InChI=1S/C51H32N4/c1-4-14-33(15-5-1)49-52-50(34-16-6-2-7-17-34)54-51(53-49)37-25-28-41-39-20-10-11-21-40(39)44-30-35(24-27-42(44)45(41)32-37)36-26-29-48-46(31-36)43-22-12-13-23-47(43)55(48)38-18-8-3-9-19-38/h1-32H/i1D,2D,4D,5D,6D,7D,14D,15D,16D,17D. The highest BCUT2D eigenvalue weighted by atomic mass is 15.0. The van der Waals surface area contributed by atoms with Crippen LogP contribution in [0.15, 0.2) is 194 Å². The molecular formula is C51H32N4. The second-order valence-corrected chi connectivity index (χ2v) is 13.3. The molecule has 2 heterocycles. The fraction of sp³-hybridized carbons (Fsp3) is 0. The first-order valence-electron chi connectivity index (χ1n) is 22.8. The molecule has 11 aromatic rings. The molecule has 11 rings (SSSR count). The van der Waals surface area contributed by atoms with E-state index >= 15 is 0 Å². The van der Waals surface area contributed by atoms with Crippen molar-refractivity contribution in [3.8, 4) is 51.0 Å². The van der Waals surface area contributed by atoms with E-state index in [1.807, 2.05) is 48.5 Å². The van der Waals surface area contributed by atoms with Crippen LogP contribution in [0.4, 0.5) is 0 Å². The van der Waals surface area contributed by atoms with E-state index in [-0.39, 0.29) is 28.6 Å². The fourth-order valence-corrected chi connectivity index (χ4v) is 7.74. The van der Waals surface area contributed by atoms with Gasteiger partial charge in [-0.1, -0.05) is 151 Å². The third-order valence-corrected chi connectivity index (χ3v) is 10.2. The van der Waals surface area contributed by atoms with Crippen LogP contribution in [0.3, 0.4) is 0 Å². The minimum Gasteiger partial charge on any atom is -0.309 e. The van der Waals surface area contributed by atoms with Crippen LogP contribution in [0.25, 0.3) is 105 Å². The lowest BCUT2D eigenvalue weighted by Gasteiger charge is -2.14. The number of nitrogens with zero attached hydrogens (tertiary/aromatic N) is 4. The van der Waals surface area contributed by atoms with Gasteiger partial charge in [0.2, 0.25) is 0 Å². The third-order valence-electron chi connectivity index (χ3n) is 10.2. The summed E-state index contributed by atoms with van der Waals surface area (Å²) in [6.45, 7) is 0. The van der Waals surface area contributed by atoms with E-state index in [1.54, 1.807) is 0 Å².